The van der Waals surface area contributed by atoms with Crippen LogP contribution in [0.3, 0.4) is 0 Å². The molecule has 0 saturated heterocycles. The second-order valence-corrected chi connectivity index (χ2v) is 4.03. The van der Waals surface area contributed by atoms with Crippen LogP contribution < -0.4 is 5.73 Å². The normalized spacial score (nSPS) is 8.93. The molecule has 0 bridgehead atoms. The van der Waals surface area contributed by atoms with Crippen LogP contribution in [0.5, 0.6) is 0 Å². The van der Waals surface area contributed by atoms with Gasteiger partial charge in [-0.15, -0.1) is 0 Å². The SMILES string of the molecule is Cc1ccc(N)c(Br)c1.c1ccccc1. The van der Waals surface area contributed by atoms with Gasteiger partial charge in [-0.2, -0.15) is 0 Å². The van der Waals surface area contributed by atoms with Crippen molar-refractivity contribution in [3.8, 4) is 0 Å². The highest BCUT2D eigenvalue weighted by Crippen LogP contribution is 2.19. The molecule has 0 aliphatic heterocycles. The zero-order chi connectivity index (χ0) is 11.1. The third-order valence-electron chi connectivity index (χ3n) is 1.82. The van der Waals surface area contributed by atoms with Gasteiger partial charge >= 0.3 is 0 Å². The molecule has 0 aliphatic rings. The maximum atomic E-state index is 5.54. The van der Waals surface area contributed by atoms with Crippen LogP contribution in [0, 0.1) is 6.92 Å². The molecule has 78 valence electrons. The summed E-state index contributed by atoms with van der Waals surface area (Å²) in [5, 5.41) is 0. The van der Waals surface area contributed by atoms with Gasteiger partial charge < -0.3 is 5.73 Å². The monoisotopic (exact) mass is 263 g/mol. The fourth-order valence-electron chi connectivity index (χ4n) is 1.02. The Kier molecular flexibility index (Phi) is 4.91. The van der Waals surface area contributed by atoms with Gasteiger partial charge in [-0.3, -0.25) is 0 Å². The van der Waals surface area contributed by atoms with E-state index >= 15 is 0 Å². The zero-order valence-corrected chi connectivity index (χ0v) is 10.2. The summed E-state index contributed by atoms with van der Waals surface area (Å²) in [6, 6.07) is 17.9. The molecule has 2 rings (SSSR count). The molecule has 0 heterocycles. The second kappa shape index (κ2) is 6.25. The van der Waals surface area contributed by atoms with Crippen molar-refractivity contribution in [1.29, 1.82) is 0 Å². The fourth-order valence-corrected chi connectivity index (χ4v) is 1.51. The lowest BCUT2D eigenvalue weighted by Crippen LogP contribution is -1.85. The smallest absolute Gasteiger partial charge is 0.0458 e. The molecule has 0 unspecified atom stereocenters. The molecule has 0 radical (unpaired) electrons. The molecule has 0 spiro atoms. The van der Waals surface area contributed by atoms with Crippen LogP contribution in [0.2, 0.25) is 0 Å². The minimum Gasteiger partial charge on any atom is -0.398 e. The first-order valence-corrected chi connectivity index (χ1v) is 5.51. The van der Waals surface area contributed by atoms with Gasteiger partial charge in [0.1, 0.15) is 0 Å². The molecule has 2 N–H and O–H groups in total. The van der Waals surface area contributed by atoms with Gasteiger partial charge in [0.05, 0.1) is 0 Å². The van der Waals surface area contributed by atoms with E-state index in [4.69, 9.17) is 5.73 Å². The molecule has 0 aromatic heterocycles. The van der Waals surface area contributed by atoms with Crippen molar-refractivity contribution in [1.82, 2.24) is 0 Å². The van der Waals surface area contributed by atoms with Crippen LogP contribution in [-0.2, 0) is 0 Å². The van der Waals surface area contributed by atoms with Gasteiger partial charge in [0, 0.05) is 10.2 Å². The average molecular weight is 264 g/mol. The summed E-state index contributed by atoms with van der Waals surface area (Å²) >= 11 is 3.32. The van der Waals surface area contributed by atoms with E-state index in [0.29, 0.717) is 0 Å². The summed E-state index contributed by atoms with van der Waals surface area (Å²) < 4.78 is 0.975. The first-order chi connectivity index (χ1) is 7.20. The van der Waals surface area contributed by atoms with E-state index in [-0.39, 0.29) is 0 Å². The van der Waals surface area contributed by atoms with E-state index in [9.17, 15) is 0 Å². The summed E-state index contributed by atoms with van der Waals surface area (Å²) in [6.07, 6.45) is 0. The summed E-state index contributed by atoms with van der Waals surface area (Å²) in [5.74, 6) is 0. The van der Waals surface area contributed by atoms with Crippen molar-refractivity contribution < 1.29 is 0 Å². The summed E-state index contributed by atoms with van der Waals surface area (Å²) in [6.45, 7) is 2.03. The topological polar surface area (TPSA) is 26.0 Å². The average Bonchev–Trinajstić information content (AvgIpc) is 2.27. The van der Waals surface area contributed by atoms with E-state index in [1.54, 1.807) is 0 Å². The van der Waals surface area contributed by atoms with E-state index in [0.717, 1.165) is 10.2 Å². The summed E-state index contributed by atoms with van der Waals surface area (Å²) in [7, 11) is 0. The lowest BCUT2D eigenvalue weighted by molar-refractivity contribution is 1.45. The molecule has 2 heteroatoms. The van der Waals surface area contributed by atoms with Crippen molar-refractivity contribution in [2.45, 2.75) is 6.92 Å². The third-order valence-corrected chi connectivity index (χ3v) is 2.51. The minimum absolute atomic E-state index is 0.792. The standard InChI is InChI=1S/C7H8BrN.C6H6/c1-5-2-3-7(9)6(8)4-5;1-2-4-6-5-3-1/h2-4H,9H2,1H3;1-6H. The predicted molar refractivity (Wildman–Crippen MR) is 69.7 cm³/mol. The van der Waals surface area contributed by atoms with E-state index in [2.05, 4.69) is 15.9 Å². The quantitative estimate of drug-likeness (QED) is 0.714. The maximum absolute atomic E-state index is 5.54. The molecule has 15 heavy (non-hydrogen) atoms. The van der Waals surface area contributed by atoms with Crippen LogP contribution in [0.4, 0.5) is 5.69 Å². The van der Waals surface area contributed by atoms with Crippen molar-refractivity contribution in [2.75, 3.05) is 5.73 Å². The number of nitrogen functional groups attached to an aromatic ring is 1. The number of benzene rings is 2. The van der Waals surface area contributed by atoms with Crippen molar-refractivity contribution >= 4 is 21.6 Å². The van der Waals surface area contributed by atoms with Gasteiger partial charge in [-0.05, 0) is 40.5 Å². The maximum Gasteiger partial charge on any atom is 0.0458 e. The van der Waals surface area contributed by atoms with Gasteiger partial charge in [0.15, 0.2) is 0 Å². The molecule has 1 nitrogen and oxygen atoms in total. The van der Waals surface area contributed by atoms with Crippen LogP contribution in [0.15, 0.2) is 59.1 Å². The van der Waals surface area contributed by atoms with Crippen LogP contribution in [0.1, 0.15) is 5.56 Å². The Hall–Kier alpha value is -1.28. The lowest BCUT2D eigenvalue weighted by Gasteiger charge is -1.96. The molecular formula is C13H14BrN. The molecule has 0 fully saturated rings. The molecular weight excluding hydrogens is 250 g/mol. The Morgan fingerprint density at radius 3 is 1.73 bits per heavy atom. The summed E-state index contributed by atoms with van der Waals surface area (Å²) in [5.41, 5.74) is 7.55. The number of aryl methyl sites for hydroxylation is 1. The Morgan fingerprint density at radius 1 is 0.933 bits per heavy atom. The van der Waals surface area contributed by atoms with E-state index < -0.39 is 0 Å². The van der Waals surface area contributed by atoms with Crippen molar-refractivity contribution in [2.24, 2.45) is 0 Å². The lowest BCUT2D eigenvalue weighted by atomic mass is 10.2. The van der Waals surface area contributed by atoms with Gasteiger partial charge in [-0.1, -0.05) is 42.5 Å². The second-order valence-electron chi connectivity index (χ2n) is 3.18. The number of hydrogen-bond acceptors (Lipinski definition) is 1. The highest BCUT2D eigenvalue weighted by Gasteiger charge is 1.91. The van der Waals surface area contributed by atoms with Gasteiger partial charge in [0.2, 0.25) is 0 Å². The van der Waals surface area contributed by atoms with Crippen LogP contribution in [0.25, 0.3) is 0 Å². The zero-order valence-electron chi connectivity index (χ0n) is 8.65. The Bertz CT molecular complexity index is 372. The highest BCUT2D eigenvalue weighted by molar-refractivity contribution is 9.10. The molecule has 0 saturated carbocycles. The Labute approximate surface area is 99.1 Å². The first-order valence-electron chi connectivity index (χ1n) is 4.72. The molecule has 0 aliphatic carbocycles. The highest BCUT2D eigenvalue weighted by atomic mass is 79.9. The van der Waals surface area contributed by atoms with Crippen molar-refractivity contribution in [3.05, 3.63) is 64.6 Å². The Morgan fingerprint density at radius 2 is 1.40 bits per heavy atom. The van der Waals surface area contributed by atoms with Crippen LogP contribution >= 0.6 is 15.9 Å². The molecule has 2 aromatic rings. The van der Waals surface area contributed by atoms with E-state index in [1.165, 1.54) is 5.56 Å². The van der Waals surface area contributed by atoms with Crippen LogP contribution in [-0.4, -0.2) is 0 Å². The predicted octanol–water partition coefficient (Wildman–Crippen LogP) is 4.03. The van der Waals surface area contributed by atoms with Gasteiger partial charge in [-0.25, -0.2) is 0 Å². The fraction of sp³-hybridized carbons (Fsp3) is 0.0769. The number of hydrogen-bond donors (Lipinski definition) is 1. The minimum atomic E-state index is 0.792. The van der Waals surface area contributed by atoms with Crippen molar-refractivity contribution in [3.63, 3.8) is 0 Å². The molecule has 2 aromatic carbocycles. The molecule has 0 atom stereocenters. The third kappa shape index (κ3) is 4.66. The number of anilines is 1. The first kappa shape index (κ1) is 11.8. The van der Waals surface area contributed by atoms with Gasteiger partial charge in [0.25, 0.3) is 0 Å². The number of rotatable bonds is 0. The summed E-state index contributed by atoms with van der Waals surface area (Å²) in [4.78, 5) is 0. The number of halogens is 1. The van der Waals surface area contributed by atoms with E-state index in [1.807, 2.05) is 61.5 Å². The number of nitrogens with two attached hydrogens (primary N) is 1. The largest absolute Gasteiger partial charge is 0.398 e. The Balaban J connectivity index is 0.000000162. The molecule has 0 amide bonds.